The number of fused-ring (bicyclic) bond motifs is 1. The first-order valence-corrected chi connectivity index (χ1v) is 11.9. The van der Waals surface area contributed by atoms with Crippen LogP contribution in [0, 0.1) is 11.3 Å². The third kappa shape index (κ3) is 5.87. The fourth-order valence-corrected chi connectivity index (χ4v) is 4.63. The van der Waals surface area contributed by atoms with E-state index < -0.39 is 0 Å². The van der Waals surface area contributed by atoms with Gasteiger partial charge in [0.05, 0.1) is 21.7 Å². The third-order valence-electron chi connectivity index (χ3n) is 4.55. The summed E-state index contributed by atoms with van der Waals surface area (Å²) < 4.78 is 11.8. The van der Waals surface area contributed by atoms with Gasteiger partial charge in [-0.2, -0.15) is 5.26 Å². The molecular weight excluding hydrogens is 514 g/mol. The Morgan fingerprint density at radius 3 is 2.71 bits per heavy atom. The molecule has 34 heavy (non-hydrogen) atoms. The number of hydrogen-bond acceptors (Lipinski definition) is 6. The van der Waals surface area contributed by atoms with Crippen LogP contribution in [-0.2, 0) is 4.79 Å². The number of aliphatic imine (C=N–C) groups is 1. The lowest BCUT2D eigenvalue weighted by atomic mass is 10.1. The molecule has 3 aromatic rings. The lowest BCUT2D eigenvalue weighted by Gasteiger charge is -2.13. The van der Waals surface area contributed by atoms with Gasteiger partial charge in [-0.25, -0.2) is 4.99 Å². The zero-order valence-electron chi connectivity index (χ0n) is 18.5. The molecule has 172 valence electrons. The van der Waals surface area contributed by atoms with Gasteiger partial charge in [-0.3, -0.25) is 4.79 Å². The molecule has 0 aromatic heterocycles. The molecule has 1 amide bonds. The Bertz CT molecular complexity index is 1310. The Labute approximate surface area is 211 Å². The monoisotopic (exact) mass is 535 g/mol. The summed E-state index contributed by atoms with van der Waals surface area (Å²) in [5.41, 5.74) is 1.56. The number of ether oxygens (including phenoxy) is 2. The molecule has 4 rings (SSSR count). The lowest BCUT2D eigenvalue weighted by molar-refractivity contribution is -0.115. The minimum absolute atomic E-state index is 0.0919. The topological polar surface area (TPSA) is 83.7 Å². The maximum Gasteiger partial charge on any atom is 0.264 e. The van der Waals surface area contributed by atoms with Crippen LogP contribution in [0.5, 0.6) is 11.5 Å². The molecule has 1 aliphatic heterocycles. The highest BCUT2D eigenvalue weighted by atomic mass is 79.9. The maximum atomic E-state index is 12.6. The standard InChI is InChI=1S/C24H18BrN3O3S.C2H4/c1-2-30-20-13-15(12-18(25)22(20)31-11-10-26)14-21-23(29)28-24(32-21)27-19-9-5-7-16-6-3-4-8-17(16)19;1-2/h3-9,12-14H,2,11H2,1H3,(H,27,28,29);1-2H2/b21-14+;. The minimum atomic E-state index is -0.215. The van der Waals surface area contributed by atoms with E-state index in [-0.39, 0.29) is 12.5 Å². The Balaban J connectivity index is 0.00000158. The van der Waals surface area contributed by atoms with Gasteiger partial charge in [-0.1, -0.05) is 36.4 Å². The quantitative estimate of drug-likeness (QED) is 0.284. The average molecular weight is 536 g/mol. The summed E-state index contributed by atoms with van der Waals surface area (Å²) in [6, 6.07) is 19.4. The molecule has 0 spiro atoms. The summed E-state index contributed by atoms with van der Waals surface area (Å²) in [4.78, 5) is 17.7. The highest BCUT2D eigenvalue weighted by Gasteiger charge is 2.24. The van der Waals surface area contributed by atoms with Crippen molar-refractivity contribution in [2.45, 2.75) is 6.92 Å². The molecule has 1 fully saturated rings. The molecule has 8 heteroatoms. The fourth-order valence-electron chi connectivity index (χ4n) is 3.23. The second-order valence-electron chi connectivity index (χ2n) is 6.69. The molecule has 1 heterocycles. The number of halogens is 1. The Morgan fingerprint density at radius 2 is 1.94 bits per heavy atom. The number of rotatable bonds is 6. The van der Waals surface area contributed by atoms with E-state index in [0.717, 1.165) is 22.0 Å². The first-order valence-electron chi connectivity index (χ1n) is 10.3. The average Bonchev–Trinajstić information content (AvgIpc) is 3.18. The SMILES string of the molecule is C=C.CCOc1cc(/C=C2/SC(=Nc3cccc4ccccc34)NC2=O)cc(Br)c1OCC#N. The summed E-state index contributed by atoms with van der Waals surface area (Å²) in [5.74, 6) is 0.738. The van der Waals surface area contributed by atoms with Crippen LogP contribution in [0.25, 0.3) is 16.8 Å². The van der Waals surface area contributed by atoms with Crippen LogP contribution in [0.4, 0.5) is 5.69 Å². The zero-order chi connectivity index (χ0) is 24.5. The van der Waals surface area contributed by atoms with E-state index in [1.54, 1.807) is 12.1 Å². The Kier molecular flexibility index (Phi) is 8.91. The molecule has 1 N–H and O–H groups in total. The van der Waals surface area contributed by atoms with Gasteiger partial charge in [0.1, 0.15) is 6.07 Å². The minimum Gasteiger partial charge on any atom is -0.490 e. The second-order valence-corrected chi connectivity index (χ2v) is 8.57. The zero-order valence-corrected chi connectivity index (χ0v) is 20.9. The van der Waals surface area contributed by atoms with Crippen LogP contribution in [0.1, 0.15) is 12.5 Å². The van der Waals surface area contributed by atoms with E-state index in [2.05, 4.69) is 39.4 Å². The van der Waals surface area contributed by atoms with E-state index in [1.807, 2.05) is 61.5 Å². The maximum absolute atomic E-state index is 12.6. The van der Waals surface area contributed by atoms with Crippen molar-refractivity contribution < 1.29 is 14.3 Å². The first kappa shape index (κ1) is 25.1. The van der Waals surface area contributed by atoms with Crippen molar-refractivity contribution in [3.05, 3.63) is 82.7 Å². The molecule has 6 nitrogen and oxygen atoms in total. The first-order chi connectivity index (χ1) is 16.6. The molecule has 0 radical (unpaired) electrons. The van der Waals surface area contributed by atoms with Crippen LogP contribution in [0.2, 0.25) is 0 Å². The van der Waals surface area contributed by atoms with Crippen molar-refractivity contribution >= 4 is 61.3 Å². The fraction of sp³-hybridized carbons (Fsp3) is 0.115. The number of amides is 1. The molecular formula is C26H22BrN3O3S. The summed E-state index contributed by atoms with van der Waals surface area (Å²) in [5, 5.41) is 14.3. The number of hydrogen-bond donors (Lipinski definition) is 1. The van der Waals surface area contributed by atoms with Crippen molar-refractivity contribution in [1.82, 2.24) is 5.32 Å². The van der Waals surface area contributed by atoms with Crippen LogP contribution in [0.15, 0.2) is 82.1 Å². The highest BCUT2D eigenvalue weighted by molar-refractivity contribution is 9.10. The number of carbonyl (C=O) groups excluding carboxylic acids is 1. The molecule has 0 aliphatic carbocycles. The number of benzene rings is 3. The number of nitrogens with one attached hydrogen (secondary N) is 1. The van der Waals surface area contributed by atoms with E-state index in [0.29, 0.717) is 32.7 Å². The van der Waals surface area contributed by atoms with Crippen molar-refractivity contribution in [3.8, 4) is 17.6 Å². The van der Waals surface area contributed by atoms with Crippen LogP contribution in [-0.4, -0.2) is 24.3 Å². The lowest BCUT2D eigenvalue weighted by Crippen LogP contribution is -2.19. The van der Waals surface area contributed by atoms with Crippen LogP contribution in [0.3, 0.4) is 0 Å². The van der Waals surface area contributed by atoms with E-state index >= 15 is 0 Å². The largest absolute Gasteiger partial charge is 0.490 e. The predicted molar refractivity (Wildman–Crippen MR) is 142 cm³/mol. The number of nitriles is 1. The molecule has 3 aromatic carbocycles. The molecule has 0 unspecified atom stereocenters. The smallest absolute Gasteiger partial charge is 0.264 e. The van der Waals surface area contributed by atoms with Crippen LogP contribution >= 0.6 is 27.7 Å². The van der Waals surface area contributed by atoms with E-state index in [1.165, 1.54) is 11.8 Å². The van der Waals surface area contributed by atoms with Gasteiger partial charge >= 0.3 is 0 Å². The Hall–Kier alpha value is -3.54. The Morgan fingerprint density at radius 1 is 1.18 bits per heavy atom. The number of amidine groups is 1. The van der Waals surface area contributed by atoms with Gasteiger partial charge in [0.15, 0.2) is 23.3 Å². The number of nitrogens with zero attached hydrogens (tertiary/aromatic N) is 2. The number of carbonyl (C=O) groups is 1. The second kappa shape index (κ2) is 12.1. The van der Waals surface area contributed by atoms with Crippen molar-refractivity contribution in [3.63, 3.8) is 0 Å². The molecule has 1 aliphatic rings. The van der Waals surface area contributed by atoms with Gasteiger partial charge < -0.3 is 14.8 Å². The summed E-state index contributed by atoms with van der Waals surface area (Å²) in [6.45, 7) is 8.21. The third-order valence-corrected chi connectivity index (χ3v) is 6.05. The van der Waals surface area contributed by atoms with Gasteiger partial charge in [-0.15, -0.1) is 13.2 Å². The van der Waals surface area contributed by atoms with Gasteiger partial charge in [0, 0.05) is 5.39 Å². The van der Waals surface area contributed by atoms with Crippen molar-refractivity contribution in [1.29, 1.82) is 5.26 Å². The summed E-state index contributed by atoms with van der Waals surface area (Å²) in [7, 11) is 0. The predicted octanol–water partition coefficient (Wildman–Crippen LogP) is 6.60. The molecule has 0 bridgehead atoms. The van der Waals surface area contributed by atoms with Crippen molar-refractivity contribution in [2.75, 3.05) is 13.2 Å². The molecule has 0 saturated carbocycles. The normalized spacial score (nSPS) is 14.9. The van der Waals surface area contributed by atoms with Gasteiger partial charge in [-0.05, 0) is 69.8 Å². The number of thioether (sulfide) groups is 1. The highest BCUT2D eigenvalue weighted by Crippen LogP contribution is 2.38. The van der Waals surface area contributed by atoms with Crippen molar-refractivity contribution in [2.24, 2.45) is 4.99 Å². The van der Waals surface area contributed by atoms with Crippen LogP contribution < -0.4 is 14.8 Å². The summed E-state index contributed by atoms with van der Waals surface area (Å²) >= 11 is 4.75. The van der Waals surface area contributed by atoms with E-state index in [4.69, 9.17) is 14.7 Å². The van der Waals surface area contributed by atoms with Gasteiger partial charge in [0.2, 0.25) is 0 Å². The summed E-state index contributed by atoms with van der Waals surface area (Å²) in [6.07, 6.45) is 1.77. The molecule has 1 saturated heterocycles. The van der Waals surface area contributed by atoms with E-state index in [9.17, 15) is 4.79 Å². The molecule has 0 atom stereocenters. The van der Waals surface area contributed by atoms with Gasteiger partial charge in [0.25, 0.3) is 5.91 Å².